The van der Waals surface area contributed by atoms with Crippen LogP contribution in [0.15, 0.2) is 0 Å². The largest absolute Gasteiger partial charge is 0.378 e. The van der Waals surface area contributed by atoms with Crippen molar-refractivity contribution >= 4 is 5.91 Å². The van der Waals surface area contributed by atoms with E-state index in [2.05, 4.69) is 12.2 Å². The summed E-state index contributed by atoms with van der Waals surface area (Å²) in [5, 5.41) is 3.12. The van der Waals surface area contributed by atoms with Crippen LogP contribution in [-0.4, -0.2) is 30.2 Å². The number of carbonyl (C=O) groups is 1. The number of amides is 1. The molecule has 17 heavy (non-hydrogen) atoms. The molecule has 1 amide bonds. The standard InChI is InChI=1S/C13H24N2O2/c1-10-9-11(5-8-17-10)15-12(16)13(14)6-3-2-4-7-13/h10-11H,2-9,14H2,1H3,(H,15,16). The Labute approximate surface area is 103 Å². The van der Waals surface area contributed by atoms with Crippen LogP contribution in [0.4, 0.5) is 0 Å². The predicted octanol–water partition coefficient (Wildman–Crippen LogP) is 1.33. The van der Waals surface area contributed by atoms with Gasteiger partial charge in [-0.3, -0.25) is 4.79 Å². The van der Waals surface area contributed by atoms with Crippen molar-refractivity contribution in [1.29, 1.82) is 0 Å². The molecule has 4 nitrogen and oxygen atoms in total. The molecule has 98 valence electrons. The topological polar surface area (TPSA) is 64.4 Å². The summed E-state index contributed by atoms with van der Waals surface area (Å²) in [5.74, 6) is 0.0521. The van der Waals surface area contributed by atoms with Crippen molar-refractivity contribution in [2.24, 2.45) is 5.73 Å². The summed E-state index contributed by atoms with van der Waals surface area (Å²) >= 11 is 0. The van der Waals surface area contributed by atoms with Gasteiger partial charge in [-0.15, -0.1) is 0 Å². The molecule has 2 unspecified atom stereocenters. The molecule has 2 rings (SSSR count). The summed E-state index contributed by atoms with van der Waals surface area (Å²) in [4.78, 5) is 12.2. The van der Waals surface area contributed by atoms with Crippen LogP contribution in [0.5, 0.6) is 0 Å². The molecule has 0 spiro atoms. The van der Waals surface area contributed by atoms with E-state index in [-0.39, 0.29) is 18.1 Å². The molecule has 1 saturated heterocycles. The molecule has 1 aliphatic heterocycles. The Morgan fingerprint density at radius 3 is 2.71 bits per heavy atom. The Kier molecular flexibility index (Phi) is 4.05. The van der Waals surface area contributed by atoms with E-state index in [1.807, 2.05) is 0 Å². The van der Waals surface area contributed by atoms with Gasteiger partial charge in [-0.25, -0.2) is 0 Å². The van der Waals surface area contributed by atoms with E-state index in [4.69, 9.17) is 10.5 Å². The number of carbonyl (C=O) groups excluding carboxylic acids is 1. The molecule has 2 atom stereocenters. The number of nitrogens with two attached hydrogens (primary N) is 1. The highest BCUT2D eigenvalue weighted by molar-refractivity contribution is 5.86. The second kappa shape index (κ2) is 5.36. The smallest absolute Gasteiger partial charge is 0.240 e. The summed E-state index contributed by atoms with van der Waals surface area (Å²) in [6.07, 6.45) is 7.08. The average Bonchev–Trinajstić information content (AvgIpc) is 2.30. The fraction of sp³-hybridized carbons (Fsp3) is 0.923. The van der Waals surface area contributed by atoms with Gasteiger partial charge in [0.1, 0.15) is 0 Å². The highest BCUT2D eigenvalue weighted by atomic mass is 16.5. The maximum absolute atomic E-state index is 12.2. The summed E-state index contributed by atoms with van der Waals surface area (Å²) in [7, 11) is 0. The molecular formula is C13H24N2O2. The van der Waals surface area contributed by atoms with Crippen molar-refractivity contribution in [3.63, 3.8) is 0 Å². The maximum Gasteiger partial charge on any atom is 0.240 e. The molecule has 0 aromatic carbocycles. The third kappa shape index (κ3) is 3.19. The predicted molar refractivity (Wildman–Crippen MR) is 66.6 cm³/mol. The number of hydrogen-bond donors (Lipinski definition) is 2. The number of hydrogen-bond acceptors (Lipinski definition) is 3. The summed E-state index contributed by atoms with van der Waals surface area (Å²) in [6, 6.07) is 0.244. The average molecular weight is 240 g/mol. The van der Waals surface area contributed by atoms with E-state index in [0.29, 0.717) is 0 Å². The van der Waals surface area contributed by atoms with Gasteiger partial charge in [0.2, 0.25) is 5.91 Å². The van der Waals surface area contributed by atoms with Gasteiger partial charge in [-0.1, -0.05) is 19.3 Å². The van der Waals surface area contributed by atoms with Gasteiger partial charge in [0.15, 0.2) is 0 Å². The fourth-order valence-electron chi connectivity index (χ4n) is 2.87. The Bertz CT molecular complexity index is 275. The summed E-state index contributed by atoms with van der Waals surface area (Å²) < 4.78 is 5.48. The molecule has 0 radical (unpaired) electrons. The first-order chi connectivity index (χ1) is 8.10. The van der Waals surface area contributed by atoms with Crippen LogP contribution in [0.1, 0.15) is 51.9 Å². The first-order valence-corrected chi connectivity index (χ1v) is 6.82. The normalized spacial score (nSPS) is 33.1. The second-order valence-corrected chi connectivity index (χ2v) is 5.59. The molecule has 4 heteroatoms. The van der Waals surface area contributed by atoms with Crippen LogP contribution >= 0.6 is 0 Å². The van der Waals surface area contributed by atoms with Crippen LogP contribution in [0.3, 0.4) is 0 Å². The Balaban J connectivity index is 1.87. The monoisotopic (exact) mass is 240 g/mol. The van der Waals surface area contributed by atoms with Gasteiger partial charge in [-0.05, 0) is 32.6 Å². The lowest BCUT2D eigenvalue weighted by Crippen LogP contribution is -2.57. The minimum atomic E-state index is -0.611. The molecule has 2 aliphatic rings. The van der Waals surface area contributed by atoms with Crippen LogP contribution in [0.25, 0.3) is 0 Å². The molecule has 0 bridgehead atoms. The first-order valence-electron chi connectivity index (χ1n) is 6.82. The number of nitrogens with one attached hydrogen (secondary N) is 1. The van der Waals surface area contributed by atoms with Crippen molar-refractivity contribution in [3.8, 4) is 0 Å². The van der Waals surface area contributed by atoms with E-state index in [0.717, 1.165) is 45.1 Å². The Morgan fingerprint density at radius 1 is 1.35 bits per heavy atom. The molecule has 1 saturated carbocycles. The van der Waals surface area contributed by atoms with Gasteiger partial charge in [0.05, 0.1) is 11.6 Å². The molecule has 0 aromatic heterocycles. The summed E-state index contributed by atoms with van der Waals surface area (Å²) in [6.45, 7) is 2.79. The zero-order chi connectivity index (χ0) is 12.3. The quantitative estimate of drug-likeness (QED) is 0.765. The van der Waals surface area contributed by atoms with Gasteiger partial charge >= 0.3 is 0 Å². The molecule has 3 N–H and O–H groups in total. The first kappa shape index (κ1) is 12.8. The van der Waals surface area contributed by atoms with Crippen LogP contribution in [-0.2, 0) is 9.53 Å². The molecule has 0 aromatic rings. The van der Waals surface area contributed by atoms with Crippen molar-refractivity contribution < 1.29 is 9.53 Å². The fourth-order valence-corrected chi connectivity index (χ4v) is 2.87. The van der Waals surface area contributed by atoms with Crippen molar-refractivity contribution in [1.82, 2.24) is 5.32 Å². The zero-order valence-corrected chi connectivity index (χ0v) is 10.7. The van der Waals surface area contributed by atoms with Gasteiger partial charge in [0.25, 0.3) is 0 Å². The van der Waals surface area contributed by atoms with E-state index in [1.165, 1.54) is 6.42 Å². The third-order valence-corrected chi connectivity index (χ3v) is 4.02. The van der Waals surface area contributed by atoms with E-state index >= 15 is 0 Å². The zero-order valence-electron chi connectivity index (χ0n) is 10.7. The van der Waals surface area contributed by atoms with Crippen LogP contribution < -0.4 is 11.1 Å². The number of ether oxygens (including phenoxy) is 1. The lowest BCUT2D eigenvalue weighted by atomic mass is 9.81. The Hall–Kier alpha value is -0.610. The highest BCUT2D eigenvalue weighted by Crippen LogP contribution is 2.26. The van der Waals surface area contributed by atoms with Gasteiger partial charge in [0, 0.05) is 12.6 Å². The van der Waals surface area contributed by atoms with E-state index in [9.17, 15) is 4.79 Å². The van der Waals surface area contributed by atoms with Crippen molar-refractivity contribution in [3.05, 3.63) is 0 Å². The number of rotatable bonds is 2. The lowest BCUT2D eigenvalue weighted by Gasteiger charge is -2.35. The summed E-state index contributed by atoms with van der Waals surface area (Å²) in [5.41, 5.74) is 5.60. The van der Waals surface area contributed by atoms with Crippen LogP contribution in [0, 0.1) is 0 Å². The van der Waals surface area contributed by atoms with Crippen molar-refractivity contribution in [2.45, 2.75) is 69.6 Å². The van der Waals surface area contributed by atoms with Gasteiger partial charge in [-0.2, -0.15) is 0 Å². The lowest BCUT2D eigenvalue weighted by molar-refractivity contribution is -0.129. The van der Waals surface area contributed by atoms with Crippen LogP contribution in [0.2, 0.25) is 0 Å². The van der Waals surface area contributed by atoms with E-state index in [1.54, 1.807) is 0 Å². The van der Waals surface area contributed by atoms with E-state index < -0.39 is 5.54 Å². The molecular weight excluding hydrogens is 216 g/mol. The second-order valence-electron chi connectivity index (χ2n) is 5.59. The maximum atomic E-state index is 12.2. The van der Waals surface area contributed by atoms with Gasteiger partial charge < -0.3 is 15.8 Å². The molecule has 2 fully saturated rings. The highest BCUT2D eigenvalue weighted by Gasteiger charge is 2.36. The molecule has 1 heterocycles. The van der Waals surface area contributed by atoms with Crippen molar-refractivity contribution in [2.75, 3.05) is 6.61 Å². The Morgan fingerprint density at radius 2 is 2.06 bits per heavy atom. The molecule has 1 aliphatic carbocycles. The SMILES string of the molecule is CC1CC(NC(=O)C2(N)CCCCC2)CCO1. The minimum Gasteiger partial charge on any atom is -0.378 e. The third-order valence-electron chi connectivity index (χ3n) is 4.02. The minimum absolute atomic E-state index is 0.0521.